The zero-order valence-electron chi connectivity index (χ0n) is 10.5. The molecule has 0 aliphatic rings. The van der Waals surface area contributed by atoms with Crippen LogP contribution < -0.4 is 10.1 Å². The summed E-state index contributed by atoms with van der Waals surface area (Å²) in [6.07, 6.45) is 3.75. The standard InChI is InChI=1S/C11H16N6O/c1-3-18-11-8(2)10(14-6-15-11)12-5-4-9-13-7-16-17-9/h6-7H,3-5H2,1-2H3,(H,12,14,15)(H,13,16,17). The van der Waals surface area contributed by atoms with Crippen molar-refractivity contribution in [2.45, 2.75) is 20.3 Å². The van der Waals surface area contributed by atoms with Crippen LogP contribution in [0.25, 0.3) is 0 Å². The van der Waals surface area contributed by atoms with Crippen molar-refractivity contribution < 1.29 is 4.74 Å². The minimum Gasteiger partial charge on any atom is -0.478 e. The molecule has 0 unspecified atom stereocenters. The van der Waals surface area contributed by atoms with Crippen LogP contribution in [0.2, 0.25) is 0 Å². The molecule has 18 heavy (non-hydrogen) atoms. The molecule has 0 fully saturated rings. The Labute approximate surface area is 105 Å². The Balaban J connectivity index is 1.94. The number of aromatic nitrogens is 5. The van der Waals surface area contributed by atoms with Gasteiger partial charge in [0.1, 0.15) is 24.3 Å². The first-order chi connectivity index (χ1) is 8.81. The number of aromatic amines is 1. The SMILES string of the molecule is CCOc1ncnc(NCCc2ncn[nH]2)c1C. The van der Waals surface area contributed by atoms with Gasteiger partial charge in [-0.05, 0) is 13.8 Å². The summed E-state index contributed by atoms with van der Waals surface area (Å²) >= 11 is 0. The highest BCUT2D eigenvalue weighted by molar-refractivity contribution is 5.47. The Kier molecular flexibility index (Phi) is 4.06. The molecular formula is C11H16N6O. The van der Waals surface area contributed by atoms with Crippen LogP contribution in [0.3, 0.4) is 0 Å². The zero-order valence-corrected chi connectivity index (χ0v) is 10.5. The predicted molar refractivity (Wildman–Crippen MR) is 66.5 cm³/mol. The van der Waals surface area contributed by atoms with E-state index in [0.29, 0.717) is 12.5 Å². The fourth-order valence-corrected chi connectivity index (χ4v) is 1.55. The van der Waals surface area contributed by atoms with E-state index in [9.17, 15) is 0 Å². The van der Waals surface area contributed by atoms with Crippen LogP contribution in [0.4, 0.5) is 5.82 Å². The number of anilines is 1. The van der Waals surface area contributed by atoms with Crippen molar-refractivity contribution in [1.29, 1.82) is 0 Å². The van der Waals surface area contributed by atoms with Crippen molar-refractivity contribution >= 4 is 5.82 Å². The van der Waals surface area contributed by atoms with Gasteiger partial charge in [0.05, 0.1) is 12.2 Å². The molecule has 0 aliphatic carbocycles. The summed E-state index contributed by atoms with van der Waals surface area (Å²) in [6.45, 7) is 5.17. The van der Waals surface area contributed by atoms with E-state index in [-0.39, 0.29) is 0 Å². The first-order valence-corrected chi connectivity index (χ1v) is 5.83. The number of ether oxygens (including phenoxy) is 1. The molecule has 0 amide bonds. The first kappa shape index (κ1) is 12.3. The normalized spacial score (nSPS) is 10.3. The number of H-pyrrole nitrogens is 1. The topological polar surface area (TPSA) is 88.6 Å². The molecular weight excluding hydrogens is 232 g/mol. The van der Waals surface area contributed by atoms with Gasteiger partial charge >= 0.3 is 0 Å². The van der Waals surface area contributed by atoms with E-state index in [0.717, 1.165) is 30.2 Å². The molecule has 0 radical (unpaired) electrons. The maximum atomic E-state index is 5.41. The highest BCUT2D eigenvalue weighted by Crippen LogP contribution is 2.19. The molecule has 0 aromatic carbocycles. The van der Waals surface area contributed by atoms with Crippen LogP contribution in [0.15, 0.2) is 12.7 Å². The summed E-state index contributed by atoms with van der Waals surface area (Å²) in [5, 5.41) is 9.84. The van der Waals surface area contributed by atoms with Crippen molar-refractivity contribution in [2.24, 2.45) is 0 Å². The van der Waals surface area contributed by atoms with Crippen LogP contribution in [-0.4, -0.2) is 38.3 Å². The highest BCUT2D eigenvalue weighted by atomic mass is 16.5. The second-order valence-electron chi connectivity index (χ2n) is 3.69. The molecule has 0 spiro atoms. The molecule has 2 heterocycles. The lowest BCUT2D eigenvalue weighted by atomic mass is 10.3. The summed E-state index contributed by atoms with van der Waals surface area (Å²) in [7, 11) is 0. The molecule has 0 saturated carbocycles. The highest BCUT2D eigenvalue weighted by Gasteiger charge is 2.07. The summed E-state index contributed by atoms with van der Waals surface area (Å²) < 4.78 is 5.41. The van der Waals surface area contributed by atoms with E-state index >= 15 is 0 Å². The van der Waals surface area contributed by atoms with E-state index in [1.165, 1.54) is 12.7 Å². The van der Waals surface area contributed by atoms with Gasteiger partial charge in [0.2, 0.25) is 5.88 Å². The van der Waals surface area contributed by atoms with Crippen molar-refractivity contribution in [1.82, 2.24) is 25.1 Å². The molecule has 2 rings (SSSR count). The van der Waals surface area contributed by atoms with Crippen molar-refractivity contribution in [3.8, 4) is 5.88 Å². The fraction of sp³-hybridized carbons (Fsp3) is 0.455. The summed E-state index contributed by atoms with van der Waals surface area (Å²) in [5.74, 6) is 2.25. The van der Waals surface area contributed by atoms with E-state index in [4.69, 9.17) is 4.74 Å². The Hall–Kier alpha value is -2.18. The van der Waals surface area contributed by atoms with Crippen LogP contribution in [0.1, 0.15) is 18.3 Å². The number of nitrogens with one attached hydrogen (secondary N) is 2. The van der Waals surface area contributed by atoms with Gasteiger partial charge in [0.25, 0.3) is 0 Å². The van der Waals surface area contributed by atoms with Crippen LogP contribution >= 0.6 is 0 Å². The maximum Gasteiger partial charge on any atom is 0.221 e. The van der Waals surface area contributed by atoms with E-state index < -0.39 is 0 Å². The molecule has 2 aromatic rings. The van der Waals surface area contributed by atoms with Gasteiger partial charge in [-0.2, -0.15) is 5.10 Å². The second kappa shape index (κ2) is 5.95. The molecule has 0 aliphatic heterocycles. The van der Waals surface area contributed by atoms with Gasteiger partial charge in [0.15, 0.2) is 0 Å². The van der Waals surface area contributed by atoms with Gasteiger partial charge < -0.3 is 10.1 Å². The Morgan fingerprint density at radius 3 is 2.89 bits per heavy atom. The quantitative estimate of drug-likeness (QED) is 0.791. The van der Waals surface area contributed by atoms with Crippen molar-refractivity contribution in [3.05, 3.63) is 24.0 Å². The molecule has 7 heteroatoms. The predicted octanol–water partition coefficient (Wildman–Crippen LogP) is 0.956. The molecule has 0 saturated heterocycles. The smallest absolute Gasteiger partial charge is 0.221 e. The van der Waals surface area contributed by atoms with Gasteiger partial charge in [-0.25, -0.2) is 15.0 Å². The largest absolute Gasteiger partial charge is 0.478 e. The van der Waals surface area contributed by atoms with E-state index in [1.54, 1.807) is 0 Å². The number of hydrogen-bond acceptors (Lipinski definition) is 6. The Bertz CT molecular complexity index is 484. The third-order valence-corrected chi connectivity index (χ3v) is 2.44. The lowest BCUT2D eigenvalue weighted by Crippen LogP contribution is -2.10. The van der Waals surface area contributed by atoms with Crippen LogP contribution in [0.5, 0.6) is 5.88 Å². The lowest BCUT2D eigenvalue weighted by molar-refractivity contribution is 0.324. The third-order valence-electron chi connectivity index (χ3n) is 2.44. The Morgan fingerprint density at radius 1 is 1.28 bits per heavy atom. The molecule has 0 bridgehead atoms. The van der Waals surface area contributed by atoms with Gasteiger partial charge in [0, 0.05) is 13.0 Å². The van der Waals surface area contributed by atoms with Gasteiger partial charge in [-0.1, -0.05) is 0 Å². The number of nitrogens with zero attached hydrogens (tertiary/aromatic N) is 4. The number of hydrogen-bond donors (Lipinski definition) is 2. The Morgan fingerprint density at radius 2 is 2.17 bits per heavy atom. The molecule has 7 nitrogen and oxygen atoms in total. The molecule has 0 atom stereocenters. The maximum absolute atomic E-state index is 5.41. The van der Waals surface area contributed by atoms with Crippen molar-refractivity contribution in [3.63, 3.8) is 0 Å². The summed E-state index contributed by atoms with van der Waals surface area (Å²) in [6, 6.07) is 0. The number of rotatable bonds is 6. The minimum atomic E-state index is 0.593. The fourth-order valence-electron chi connectivity index (χ4n) is 1.55. The summed E-state index contributed by atoms with van der Waals surface area (Å²) in [4.78, 5) is 12.3. The molecule has 96 valence electrons. The second-order valence-corrected chi connectivity index (χ2v) is 3.69. The van der Waals surface area contributed by atoms with Gasteiger partial charge in [-0.15, -0.1) is 0 Å². The summed E-state index contributed by atoms with van der Waals surface area (Å²) in [5.41, 5.74) is 0.914. The zero-order chi connectivity index (χ0) is 12.8. The van der Waals surface area contributed by atoms with Crippen molar-refractivity contribution in [2.75, 3.05) is 18.5 Å². The van der Waals surface area contributed by atoms with Crippen LogP contribution in [0, 0.1) is 6.92 Å². The monoisotopic (exact) mass is 248 g/mol. The molecule has 2 N–H and O–H groups in total. The minimum absolute atomic E-state index is 0.593. The average Bonchev–Trinajstić information content (AvgIpc) is 2.87. The van der Waals surface area contributed by atoms with Gasteiger partial charge in [-0.3, -0.25) is 5.10 Å². The van der Waals surface area contributed by atoms with Crippen LogP contribution in [-0.2, 0) is 6.42 Å². The molecule has 2 aromatic heterocycles. The van der Waals surface area contributed by atoms with E-state index in [1.807, 2.05) is 13.8 Å². The average molecular weight is 248 g/mol. The third kappa shape index (κ3) is 2.93. The lowest BCUT2D eigenvalue weighted by Gasteiger charge is -2.10. The van der Waals surface area contributed by atoms with E-state index in [2.05, 4.69) is 30.5 Å². The first-order valence-electron chi connectivity index (χ1n) is 5.83.